The number of nitrogens with one attached hydrogen (secondary N) is 3. The highest BCUT2D eigenvalue weighted by atomic mass is 16.2. The summed E-state index contributed by atoms with van der Waals surface area (Å²) in [7, 11) is 1.57. The minimum absolute atomic E-state index is 0.0798. The van der Waals surface area contributed by atoms with Crippen LogP contribution in [-0.2, 0) is 4.79 Å². The van der Waals surface area contributed by atoms with Crippen LogP contribution < -0.4 is 16.0 Å². The first-order valence-electron chi connectivity index (χ1n) is 6.07. The summed E-state index contributed by atoms with van der Waals surface area (Å²) in [5.74, 6) is -0.283. The van der Waals surface area contributed by atoms with Gasteiger partial charge in [-0.2, -0.15) is 0 Å². The lowest BCUT2D eigenvalue weighted by Gasteiger charge is -2.13. The first kappa shape index (κ1) is 12.6. The summed E-state index contributed by atoms with van der Waals surface area (Å²) in [5, 5.41) is 8.49. The van der Waals surface area contributed by atoms with Crippen molar-refractivity contribution in [2.75, 3.05) is 18.9 Å². The Hall–Kier alpha value is -1.88. The third kappa shape index (κ3) is 2.68. The van der Waals surface area contributed by atoms with Crippen molar-refractivity contribution in [1.29, 1.82) is 0 Å². The van der Waals surface area contributed by atoms with Gasteiger partial charge in [-0.1, -0.05) is 12.1 Å². The van der Waals surface area contributed by atoms with Crippen molar-refractivity contribution in [3.8, 4) is 0 Å². The van der Waals surface area contributed by atoms with Gasteiger partial charge < -0.3 is 16.0 Å². The predicted molar refractivity (Wildman–Crippen MR) is 69.5 cm³/mol. The van der Waals surface area contributed by atoms with Crippen LogP contribution in [0.1, 0.15) is 23.2 Å². The lowest BCUT2D eigenvalue weighted by Crippen LogP contribution is -2.36. The topological polar surface area (TPSA) is 70.2 Å². The number of benzene rings is 1. The van der Waals surface area contributed by atoms with E-state index in [-0.39, 0.29) is 17.9 Å². The first-order valence-corrected chi connectivity index (χ1v) is 6.07. The third-order valence-electron chi connectivity index (χ3n) is 3.03. The number of para-hydroxylation sites is 1. The zero-order chi connectivity index (χ0) is 13.0. The molecule has 1 heterocycles. The fourth-order valence-corrected chi connectivity index (χ4v) is 2.05. The monoisotopic (exact) mass is 247 g/mol. The molecule has 2 rings (SSSR count). The van der Waals surface area contributed by atoms with Crippen LogP contribution in [0.25, 0.3) is 0 Å². The molecule has 18 heavy (non-hydrogen) atoms. The Morgan fingerprint density at radius 2 is 2.11 bits per heavy atom. The van der Waals surface area contributed by atoms with Gasteiger partial charge in [0.25, 0.3) is 5.91 Å². The SMILES string of the molecule is CNC(=O)c1ccccc1NC(=O)[C@@H]1CCCN1. The average Bonchev–Trinajstić information content (AvgIpc) is 2.92. The van der Waals surface area contributed by atoms with Gasteiger partial charge in [-0.05, 0) is 31.5 Å². The Morgan fingerprint density at radius 1 is 1.33 bits per heavy atom. The van der Waals surface area contributed by atoms with E-state index >= 15 is 0 Å². The Labute approximate surface area is 106 Å². The van der Waals surface area contributed by atoms with E-state index in [1.807, 2.05) is 0 Å². The molecule has 5 nitrogen and oxygen atoms in total. The second-order valence-electron chi connectivity index (χ2n) is 4.26. The minimum Gasteiger partial charge on any atom is -0.355 e. The van der Waals surface area contributed by atoms with Crippen molar-refractivity contribution in [2.45, 2.75) is 18.9 Å². The maximum Gasteiger partial charge on any atom is 0.253 e. The van der Waals surface area contributed by atoms with Gasteiger partial charge in [-0.25, -0.2) is 0 Å². The Bertz CT molecular complexity index is 453. The second-order valence-corrected chi connectivity index (χ2v) is 4.26. The van der Waals surface area contributed by atoms with Gasteiger partial charge >= 0.3 is 0 Å². The molecule has 1 saturated heterocycles. The number of hydrogen-bond acceptors (Lipinski definition) is 3. The average molecular weight is 247 g/mol. The molecule has 0 aromatic heterocycles. The molecule has 1 fully saturated rings. The number of hydrogen-bond donors (Lipinski definition) is 3. The van der Waals surface area contributed by atoms with Crippen LogP contribution in [0.3, 0.4) is 0 Å². The van der Waals surface area contributed by atoms with E-state index in [0.717, 1.165) is 19.4 Å². The van der Waals surface area contributed by atoms with Gasteiger partial charge in [0.1, 0.15) is 0 Å². The predicted octanol–water partition coefficient (Wildman–Crippen LogP) is 0.737. The molecule has 0 saturated carbocycles. The van der Waals surface area contributed by atoms with E-state index in [2.05, 4.69) is 16.0 Å². The molecule has 1 aromatic rings. The highest BCUT2D eigenvalue weighted by Gasteiger charge is 2.23. The Morgan fingerprint density at radius 3 is 2.78 bits per heavy atom. The summed E-state index contributed by atoms with van der Waals surface area (Å²) in [6, 6.07) is 6.84. The highest BCUT2D eigenvalue weighted by molar-refractivity contribution is 6.04. The molecular weight excluding hydrogens is 230 g/mol. The smallest absolute Gasteiger partial charge is 0.253 e. The fourth-order valence-electron chi connectivity index (χ4n) is 2.05. The van der Waals surface area contributed by atoms with Crippen LogP contribution >= 0.6 is 0 Å². The molecule has 2 amide bonds. The van der Waals surface area contributed by atoms with Crippen LogP contribution in [0, 0.1) is 0 Å². The number of amides is 2. The number of carbonyl (C=O) groups excluding carboxylic acids is 2. The maximum absolute atomic E-state index is 12.0. The zero-order valence-electron chi connectivity index (χ0n) is 10.3. The van der Waals surface area contributed by atoms with E-state index in [9.17, 15) is 9.59 Å². The summed E-state index contributed by atoms with van der Waals surface area (Å²) in [6.07, 6.45) is 1.85. The summed E-state index contributed by atoms with van der Waals surface area (Å²) >= 11 is 0. The van der Waals surface area contributed by atoms with Crippen molar-refractivity contribution in [2.24, 2.45) is 0 Å². The molecular formula is C13H17N3O2. The second kappa shape index (κ2) is 5.64. The highest BCUT2D eigenvalue weighted by Crippen LogP contribution is 2.16. The summed E-state index contributed by atoms with van der Waals surface area (Å²) in [6.45, 7) is 0.870. The molecule has 0 bridgehead atoms. The van der Waals surface area contributed by atoms with Crippen LogP contribution in [0.5, 0.6) is 0 Å². The lowest BCUT2D eigenvalue weighted by molar-refractivity contribution is -0.117. The molecule has 1 aromatic carbocycles. The summed E-state index contributed by atoms with van der Waals surface area (Å²) in [4.78, 5) is 23.6. The van der Waals surface area contributed by atoms with Gasteiger partial charge in [0.05, 0.1) is 17.3 Å². The quantitative estimate of drug-likeness (QED) is 0.737. The van der Waals surface area contributed by atoms with Gasteiger partial charge in [0, 0.05) is 7.05 Å². The van der Waals surface area contributed by atoms with Crippen LogP contribution in [-0.4, -0.2) is 31.4 Å². The molecule has 0 aliphatic carbocycles. The van der Waals surface area contributed by atoms with Crippen LogP contribution in [0.4, 0.5) is 5.69 Å². The molecule has 3 N–H and O–H groups in total. The van der Waals surface area contributed by atoms with Crippen LogP contribution in [0.15, 0.2) is 24.3 Å². The minimum atomic E-state index is -0.203. The molecule has 96 valence electrons. The normalized spacial score (nSPS) is 18.4. The molecule has 1 aliphatic heterocycles. The summed E-state index contributed by atoms with van der Waals surface area (Å²) in [5.41, 5.74) is 1.03. The van der Waals surface area contributed by atoms with Gasteiger partial charge in [0.2, 0.25) is 5.91 Å². The third-order valence-corrected chi connectivity index (χ3v) is 3.03. The van der Waals surface area contributed by atoms with Gasteiger partial charge in [-0.3, -0.25) is 9.59 Å². The van der Waals surface area contributed by atoms with Crippen molar-refractivity contribution < 1.29 is 9.59 Å². The molecule has 0 unspecified atom stereocenters. The van der Waals surface area contributed by atoms with E-state index < -0.39 is 0 Å². The fraction of sp³-hybridized carbons (Fsp3) is 0.385. The van der Waals surface area contributed by atoms with Crippen molar-refractivity contribution in [1.82, 2.24) is 10.6 Å². The standard InChI is InChI=1S/C13H17N3O2/c1-14-12(17)9-5-2-3-6-10(9)16-13(18)11-7-4-8-15-11/h2-3,5-6,11,15H,4,7-8H2,1H3,(H,14,17)(H,16,18)/t11-/m0/s1. The summed E-state index contributed by atoms with van der Waals surface area (Å²) < 4.78 is 0. The van der Waals surface area contributed by atoms with Gasteiger partial charge in [-0.15, -0.1) is 0 Å². The Balaban J connectivity index is 2.13. The van der Waals surface area contributed by atoms with Crippen LogP contribution in [0.2, 0.25) is 0 Å². The molecule has 0 radical (unpaired) electrons. The molecule has 5 heteroatoms. The molecule has 1 atom stereocenters. The van der Waals surface area contributed by atoms with Crippen molar-refractivity contribution in [3.05, 3.63) is 29.8 Å². The van der Waals surface area contributed by atoms with Crippen molar-refractivity contribution >= 4 is 17.5 Å². The number of carbonyl (C=O) groups is 2. The largest absolute Gasteiger partial charge is 0.355 e. The maximum atomic E-state index is 12.0. The van der Waals surface area contributed by atoms with E-state index in [4.69, 9.17) is 0 Å². The Kier molecular flexibility index (Phi) is 3.94. The van der Waals surface area contributed by atoms with E-state index in [1.54, 1.807) is 31.3 Å². The zero-order valence-corrected chi connectivity index (χ0v) is 10.3. The number of anilines is 1. The van der Waals surface area contributed by atoms with E-state index in [1.165, 1.54) is 0 Å². The van der Waals surface area contributed by atoms with Crippen molar-refractivity contribution in [3.63, 3.8) is 0 Å². The number of rotatable bonds is 3. The first-order chi connectivity index (χ1) is 8.72. The lowest BCUT2D eigenvalue weighted by atomic mass is 10.1. The molecule has 1 aliphatic rings. The van der Waals surface area contributed by atoms with E-state index in [0.29, 0.717) is 11.3 Å². The van der Waals surface area contributed by atoms with Gasteiger partial charge in [0.15, 0.2) is 0 Å². The molecule has 0 spiro atoms.